The van der Waals surface area contributed by atoms with Crippen LogP contribution >= 0.6 is 22.9 Å². The van der Waals surface area contributed by atoms with Crippen molar-refractivity contribution in [2.45, 2.75) is 6.54 Å². The first-order chi connectivity index (χ1) is 9.19. The Morgan fingerprint density at radius 2 is 2.11 bits per heavy atom. The number of ether oxygens (including phenoxy) is 2. The Labute approximate surface area is 121 Å². The summed E-state index contributed by atoms with van der Waals surface area (Å²) in [6.07, 6.45) is 1.86. The molecule has 0 radical (unpaired) electrons. The van der Waals surface area contributed by atoms with Crippen molar-refractivity contribution in [1.82, 2.24) is 10.3 Å². The van der Waals surface area contributed by atoms with Gasteiger partial charge in [0, 0.05) is 23.2 Å². The van der Waals surface area contributed by atoms with E-state index in [2.05, 4.69) is 10.3 Å². The Hall–Kier alpha value is -1.30. The van der Waals surface area contributed by atoms with E-state index in [1.807, 2.05) is 25.4 Å². The molecule has 1 heterocycles. The number of halogens is 1. The van der Waals surface area contributed by atoms with Gasteiger partial charge in [0.2, 0.25) is 0 Å². The fraction of sp³-hybridized carbons (Fsp3) is 0.308. The highest BCUT2D eigenvalue weighted by atomic mass is 35.5. The maximum atomic E-state index is 6.19. The molecule has 0 spiro atoms. The number of rotatable bonds is 5. The van der Waals surface area contributed by atoms with Crippen molar-refractivity contribution in [3.63, 3.8) is 0 Å². The second-order valence-corrected chi connectivity index (χ2v) is 5.38. The molecule has 0 fully saturated rings. The fourth-order valence-corrected chi connectivity index (χ4v) is 2.94. The quantitative estimate of drug-likeness (QED) is 0.920. The van der Waals surface area contributed by atoms with Crippen molar-refractivity contribution >= 4 is 22.9 Å². The van der Waals surface area contributed by atoms with Gasteiger partial charge in [-0.25, -0.2) is 4.98 Å². The zero-order valence-corrected chi connectivity index (χ0v) is 12.6. The first-order valence-electron chi connectivity index (χ1n) is 5.70. The number of aromatic nitrogens is 1. The highest BCUT2D eigenvalue weighted by Crippen LogP contribution is 2.39. The number of nitrogens with zero attached hydrogens (tertiary/aromatic N) is 1. The van der Waals surface area contributed by atoms with Crippen LogP contribution in [0.5, 0.6) is 11.5 Å². The molecule has 0 amide bonds. The third-order valence-electron chi connectivity index (χ3n) is 2.59. The minimum Gasteiger partial charge on any atom is -0.493 e. The summed E-state index contributed by atoms with van der Waals surface area (Å²) in [7, 11) is 5.07. The van der Waals surface area contributed by atoms with Crippen molar-refractivity contribution in [2.75, 3.05) is 21.3 Å². The van der Waals surface area contributed by atoms with E-state index >= 15 is 0 Å². The van der Waals surface area contributed by atoms with Gasteiger partial charge in [-0.05, 0) is 19.2 Å². The van der Waals surface area contributed by atoms with Crippen LogP contribution in [-0.4, -0.2) is 26.3 Å². The molecule has 0 saturated heterocycles. The van der Waals surface area contributed by atoms with E-state index in [0.717, 1.165) is 17.1 Å². The number of methoxy groups -OCH3 is 2. The zero-order valence-electron chi connectivity index (χ0n) is 11.0. The average Bonchev–Trinajstić information content (AvgIpc) is 2.86. The molecule has 0 saturated carbocycles. The highest BCUT2D eigenvalue weighted by molar-refractivity contribution is 7.15. The number of nitrogens with one attached hydrogen (secondary N) is 1. The number of hydrogen-bond donors (Lipinski definition) is 1. The van der Waals surface area contributed by atoms with Crippen LogP contribution in [0.25, 0.3) is 10.6 Å². The molecule has 0 aliphatic rings. The summed E-state index contributed by atoms with van der Waals surface area (Å²) in [5, 5.41) is 4.53. The molecular formula is C13H15ClN2O2S. The highest BCUT2D eigenvalue weighted by Gasteiger charge is 2.13. The van der Waals surface area contributed by atoms with Crippen LogP contribution in [0.2, 0.25) is 5.02 Å². The number of thiazole rings is 1. The molecular weight excluding hydrogens is 284 g/mol. The summed E-state index contributed by atoms with van der Waals surface area (Å²) in [6.45, 7) is 0.804. The van der Waals surface area contributed by atoms with Gasteiger partial charge < -0.3 is 14.8 Å². The third-order valence-corrected chi connectivity index (χ3v) is 3.91. The van der Waals surface area contributed by atoms with Crippen LogP contribution in [0.4, 0.5) is 0 Å². The van der Waals surface area contributed by atoms with Crippen molar-refractivity contribution in [1.29, 1.82) is 0 Å². The predicted molar refractivity (Wildman–Crippen MR) is 78.4 cm³/mol. The molecule has 6 heteroatoms. The molecule has 102 valence electrons. The van der Waals surface area contributed by atoms with Gasteiger partial charge in [0.1, 0.15) is 5.01 Å². The van der Waals surface area contributed by atoms with Gasteiger partial charge in [0.25, 0.3) is 0 Å². The molecule has 0 aliphatic heterocycles. The maximum absolute atomic E-state index is 6.19. The van der Waals surface area contributed by atoms with E-state index in [0.29, 0.717) is 16.5 Å². The SMILES string of the molecule is CNCc1cnc(-c2cc(Cl)c(OC)c(OC)c2)s1. The van der Waals surface area contributed by atoms with Crippen molar-refractivity contribution < 1.29 is 9.47 Å². The third kappa shape index (κ3) is 3.00. The summed E-state index contributed by atoms with van der Waals surface area (Å²) < 4.78 is 10.5. The van der Waals surface area contributed by atoms with Crippen LogP contribution in [0.1, 0.15) is 4.88 Å². The summed E-state index contributed by atoms with van der Waals surface area (Å²) in [4.78, 5) is 5.57. The maximum Gasteiger partial charge on any atom is 0.179 e. The number of hydrogen-bond acceptors (Lipinski definition) is 5. The van der Waals surface area contributed by atoms with E-state index in [4.69, 9.17) is 21.1 Å². The van der Waals surface area contributed by atoms with Crippen molar-refractivity contribution in [2.24, 2.45) is 0 Å². The minimum atomic E-state index is 0.516. The van der Waals surface area contributed by atoms with E-state index in [9.17, 15) is 0 Å². The minimum absolute atomic E-state index is 0.516. The molecule has 1 aromatic heterocycles. The molecule has 2 aromatic rings. The van der Waals surface area contributed by atoms with Crippen LogP contribution in [0, 0.1) is 0 Å². The lowest BCUT2D eigenvalue weighted by Gasteiger charge is -2.10. The van der Waals surface area contributed by atoms with Crippen LogP contribution in [0.15, 0.2) is 18.3 Å². The molecule has 0 aliphatic carbocycles. The smallest absolute Gasteiger partial charge is 0.179 e. The molecule has 0 bridgehead atoms. The lowest BCUT2D eigenvalue weighted by atomic mass is 10.2. The summed E-state index contributed by atoms with van der Waals surface area (Å²) in [5.74, 6) is 1.15. The largest absolute Gasteiger partial charge is 0.493 e. The fourth-order valence-electron chi connectivity index (χ4n) is 1.74. The summed E-state index contributed by atoms with van der Waals surface area (Å²) in [6, 6.07) is 3.72. The van der Waals surface area contributed by atoms with Crippen molar-refractivity contribution in [3.8, 4) is 22.1 Å². The van der Waals surface area contributed by atoms with Crippen LogP contribution < -0.4 is 14.8 Å². The normalized spacial score (nSPS) is 10.5. The molecule has 2 rings (SSSR count). The summed E-state index contributed by atoms with van der Waals surface area (Å²) >= 11 is 7.81. The van der Waals surface area contributed by atoms with E-state index in [-0.39, 0.29) is 0 Å². The zero-order chi connectivity index (χ0) is 13.8. The van der Waals surface area contributed by atoms with E-state index in [1.54, 1.807) is 25.6 Å². The first kappa shape index (κ1) is 14.1. The molecule has 1 aromatic carbocycles. The van der Waals surface area contributed by atoms with Gasteiger partial charge in [-0.15, -0.1) is 11.3 Å². The van der Waals surface area contributed by atoms with E-state index < -0.39 is 0 Å². The van der Waals surface area contributed by atoms with Gasteiger partial charge in [-0.2, -0.15) is 0 Å². The Balaban J connectivity index is 2.41. The number of benzene rings is 1. The molecule has 0 atom stereocenters. The van der Waals surface area contributed by atoms with Crippen LogP contribution in [-0.2, 0) is 6.54 Å². The van der Waals surface area contributed by atoms with Gasteiger partial charge in [0.05, 0.1) is 19.2 Å². The Bertz CT molecular complexity index is 572. The standard InChI is InChI=1S/C13H15ClN2O2S/c1-15-6-9-7-16-13(19-9)8-4-10(14)12(18-3)11(5-8)17-2/h4-5,7,15H,6H2,1-3H3. The average molecular weight is 299 g/mol. The molecule has 19 heavy (non-hydrogen) atoms. The van der Waals surface area contributed by atoms with Gasteiger partial charge >= 0.3 is 0 Å². The lowest BCUT2D eigenvalue weighted by molar-refractivity contribution is 0.355. The second-order valence-electron chi connectivity index (χ2n) is 3.86. The molecule has 4 nitrogen and oxygen atoms in total. The lowest BCUT2D eigenvalue weighted by Crippen LogP contribution is -2.02. The van der Waals surface area contributed by atoms with E-state index in [1.165, 1.54) is 4.88 Å². The van der Waals surface area contributed by atoms with Gasteiger partial charge in [0.15, 0.2) is 11.5 Å². The van der Waals surface area contributed by atoms with Crippen LogP contribution in [0.3, 0.4) is 0 Å². The topological polar surface area (TPSA) is 43.4 Å². The van der Waals surface area contributed by atoms with Gasteiger partial charge in [-0.1, -0.05) is 11.6 Å². The second kappa shape index (κ2) is 6.23. The first-order valence-corrected chi connectivity index (χ1v) is 6.90. The monoisotopic (exact) mass is 298 g/mol. The Kier molecular flexibility index (Phi) is 4.63. The molecule has 1 N–H and O–H groups in total. The Morgan fingerprint density at radius 3 is 2.74 bits per heavy atom. The molecule has 0 unspecified atom stereocenters. The predicted octanol–water partition coefficient (Wildman–Crippen LogP) is 3.20. The Morgan fingerprint density at radius 1 is 1.32 bits per heavy atom. The van der Waals surface area contributed by atoms with Crippen molar-refractivity contribution in [3.05, 3.63) is 28.2 Å². The van der Waals surface area contributed by atoms with Gasteiger partial charge in [-0.3, -0.25) is 0 Å². The summed E-state index contributed by atoms with van der Waals surface area (Å²) in [5.41, 5.74) is 0.926.